The maximum Gasteiger partial charge on any atom is 0.127 e. The summed E-state index contributed by atoms with van der Waals surface area (Å²) in [4.78, 5) is 7.38. The molecule has 7 heteroatoms. The zero-order chi connectivity index (χ0) is 19.7. The summed E-state index contributed by atoms with van der Waals surface area (Å²) in [6, 6.07) is 16.7. The van der Waals surface area contributed by atoms with Gasteiger partial charge in [-0.2, -0.15) is 0 Å². The van der Waals surface area contributed by atoms with Gasteiger partial charge in [-0.3, -0.25) is 9.80 Å². The third-order valence-corrected chi connectivity index (χ3v) is 7.12. The predicted molar refractivity (Wildman–Crippen MR) is 119 cm³/mol. The Balaban J connectivity index is 1.22. The van der Waals surface area contributed by atoms with Crippen molar-refractivity contribution < 1.29 is 14.2 Å². The Labute approximate surface area is 181 Å². The average Bonchev–Trinajstić information content (AvgIpc) is 2.80. The summed E-state index contributed by atoms with van der Waals surface area (Å²) in [6.45, 7) is 7.47. The second kappa shape index (κ2) is 11.2. The number of hydrogen-bond acceptors (Lipinski definition) is 7. The molecule has 0 atom stereocenters. The maximum absolute atomic E-state index is 6.00. The van der Waals surface area contributed by atoms with Gasteiger partial charge in [-0.05, 0) is 48.5 Å². The lowest BCUT2D eigenvalue weighted by Crippen LogP contribution is -2.35. The molecule has 0 bridgehead atoms. The van der Waals surface area contributed by atoms with Gasteiger partial charge in [0, 0.05) is 47.7 Å². The smallest absolute Gasteiger partial charge is 0.127 e. The van der Waals surface area contributed by atoms with E-state index >= 15 is 0 Å². The zero-order valence-electron chi connectivity index (χ0n) is 16.6. The fourth-order valence-corrected chi connectivity index (χ4v) is 4.97. The van der Waals surface area contributed by atoms with Crippen LogP contribution in [-0.2, 0) is 9.47 Å². The van der Waals surface area contributed by atoms with Crippen molar-refractivity contribution in [3.8, 4) is 11.5 Å². The van der Waals surface area contributed by atoms with E-state index in [1.165, 1.54) is 9.79 Å². The summed E-state index contributed by atoms with van der Waals surface area (Å²) in [6.07, 6.45) is 0. The Hall–Kier alpha value is -1.22. The van der Waals surface area contributed by atoms with E-state index in [0.717, 1.165) is 75.9 Å². The number of rotatable bonds is 8. The van der Waals surface area contributed by atoms with Gasteiger partial charge >= 0.3 is 0 Å². The van der Waals surface area contributed by atoms with E-state index in [1.54, 1.807) is 0 Å². The van der Waals surface area contributed by atoms with Crippen LogP contribution in [0.2, 0.25) is 0 Å². The second-order valence-corrected chi connectivity index (χ2v) is 9.09. The van der Waals surface area contributed by atoms with E-state index in [1.807, 2.05) is 47.8 Å². The molecule has 0 radical (unpaired) electrons. The van der Waals surface area contributed by atoms with Crippen molar-refractivity contribution in [1.82, 2.24) is 9.80 Å². The molecule has 0 amide bonds. The number of morpholine rings is 2. The molecule has 0 saturated carbocycles. The van der Waals surface area contributed by atoms with E-state index in [9.17, 15) is 0 Å². The van der Waals surface area contributed by atoms with Crippen LogP contribution < -0.4 is 4.74 Å². The van der Waals surface area contributed by atoms with Crippen LogP contribution >= 0.6 is 23.5 Å². The van der Waals surface area contributed by atoms with Crippen molar-refractivity contribution in [3.05, 3.63) is 48.5 Å². The molecule has 0 aliphatic carbocycles. The number of hydrogen-bond donors (Lipinski definition) is 0. The number of thioether (sulfide) groups is 2. The van der Waals surface area contributed by atoms with Gasteiger partial charge in [0.25, 0.3) is 0 Å². The minimum Gasteiger partial charge on any atom is -0.457 e. The fourth-order valence-electron chi connectivity index (χ4n) is 3.14. The third-order valence-electron chi connectivity index (χ3n) is 4.92. The highest BCUT2D eigenvalue weighted by molar-refractivity contribution is 7.99. The molecule has 0 unspecified atom stereocenters. The number of benzene rings is 2. The molecule has 0 aromatic heterocycles. The minimum atomic E-state index is 0.845. The molecule has 2 aromatic rings. The van der Waals surface area contributed by atoms with Gasteiger partial charge in [0.2, 0.25) is 0 Å². The molecule has 0 spiro atoms. The zero-order valence-corrected chi connectivity index (χ0v) is 18.3. The lowest BCUT2D eigenvalue weighted by Gasteiger charge is -2.26. The average molecular weight is 433 g/mol. The molecule has 5 nitrogen and oxygen atoms in total. The van der Waals surface area contributed by atoms with E-state index in [0.29, 0.717) is 0 Å². The highest BCUT2D eigenvalue weighted by Gasteiger charge is 2.11. The molecule has 0 N–H and O–H groups in total. The van der Waals surface area contributed by atoms with Crippen LogP contribution in [-0.4, -0.2) is 74.2 Å². The Morgan fingerprint density at radius 2 is 1.00 bits per heavy atom. The van der Waals surface area contributed by atoms with Crippen LogP contribution in [0.15, 0.2) is 58.3 Å². The third kappa shape index (κ3) is 6.91. The first-order valence-electron chi connectivity index (χ1n) is 10.1. The summed E-state index contributed by atoms with van der Waals surface area (Å²) in [5.74, 6) is 3.75. The van der Waals surface area contributed by atoms with Crippen LogP contribution in [0.25, 0.3) is 0 Å². The summed E-state index contributed by atoms with van der Waals surface area (Å²) < 4.78 is 16.8. The van der Waals surface area contributed by atoms with Gasteiger partial charge in [-0.25, -0.2) is 0 Å². The number of ether oxygens (including phenoxy) is 3. The van der Waals surface area contributed by atoms with Crippen molar-refractivity contribution in [3.63, 3.8) is 0 Å². The summed E-state index contributed by atoms with van der Waals surface area (Å²) in [7, 11) is 0. The Morgan fingerprint density at radius 1 is 0.621 bits per heavy atom. The predicted octanol–water partition coefficient (Wildman–Crippen LogP) is 4.24. The molecule has 156 valence electrons. The van der Waals surface area contributed by atoms with Crippen LogP contribution in [0, 0.1) is 0 Å². The number of nitrogens with zero attached hydrogens (tertiary/aromatic N) is 2. The second-order valence-electron chi connectivity index (χ2n) is 7.05. The molecule has 2 fully saturated rings. The quantitative estimate of drug-likeness (QED) is 0.577. The van der Waals surface area contributed by atoms with Gasteiger partial charge in [-0.15, -0.1) is 23.5 Å². The standard InChI is InChI=1S/C22H28N2O3S2/c1-5-21(28-17-23-9-13-25-14-10-23)6-2-19(1)27-20-3-7-22(8-4-20)29-18-24-11-15-26-16-12-24/h1-8H,9-18H2. The van der Waals surface area contributed by atoms with Crippen LogP contribution in [0.1, 0.15) is 0 Å². The Morgan fingerprint density at radius 3 is 1.38 bits per heavy atom. The first-order valence-corrected chi connectivity index (χ1v) is 12.1. The first-order chi connectivity index (χ1) is 14.3. The molecule has 2 aromatic carbocycles. The van der Waals surface area contributed by atoms with Gasteiger partial charge < -0.3 is 14.2 Å². The lowest BCUT2D eigenvalue weighted by atomic mass is 10.3. The van der Waals surface area contributed by atoms with Crippen molar-refractivity contribution in [2.45, 2.75) is 9.79 Å². The molecule has 29 heavy (non-hydrogen) atoms. The maximum atomic E-state index is 6.00. The molecule has 2 aliphatic heterocycles. The van der Waals surface area contributed by atoms with Crippen molar-refractivity contribution in [2.24, 2.45) is 0 Å². The van der Waals surface area contributed by atoms with Crippen LogP contribution in [0.5, 0.6) is 11.5 Å². The normalized spacial score (nSPS) is 18.6. The molecule has 2 aliphatic rings. The van der Waals surface area contributed by atoms with Gasteiger partial charge in [-0.1, -0.05) is 0 Å². The summed E-state index contributed by atoms with van der Waals surface area (Å²) >= 11 is 3.72. The molecular formula is C22H28N2O3S2. The van der Waals surface area contributed by atoms with E-state index < -0.39 is 0 Å². The van der Waals surface area contributed by atoms with Gasteiger partial charge in [0.1, 0.15) is 11.5 Å². The highest BCUT2D eigenvalue weighted by atomic mass is 32.2. The molecule has 2 saturated heterocycles. The largest absolute Gasteiger partial charge is 0.457 e. The van der Waals surface area contributed by atoms with Gasteiger partial charge in [0.15, 0.2) is 0 Å². The monoisotopic (exact) mass is 432 g/mol. The minimum absolute atomic E-state index is 0.845. The first kappa shape index (κ1) is 21.0. The fraction of sp³-hybridized carbons (Fsp3) is 0.455. The van der Waals surface area contributed by atoms with E-state index in [2.05, 4.69) is 34.1 Å². The topological polar surface area (TPSA) is 34.2 Å². The molecule has 4 rings (SSSR count). The Kier molecular flexibility index (Phi) is 8.16. The SMILES string of the molecule is c1cc(SCN2CCOCC2)ccc1Oc1ccc(SCN2CCOCC2)cc1. The lowest BCUT2D eigenvalue weighted by molar-refractivity contribution is 0.0473. The van der Waals surface area contributed by atoms with Crippen molar-refractivity contribution in [2.75, 3.05) is 64.4 Å². The highest BCUT2D eigenvalue weighted by Crippen LogP contribution is 2.28. The van der Waals surface area contributed by atoms with E-state index in [-0.39, 0.29) is 0 Å². The van der Waals surface area contributed by atoms with Crippen LogP contribution in [0.3, 0.4) is 0 Å². The molecular weight excluding hydrogens is 404 g/mol. The van der Waals surface area contributed by atoms with Gasteiger partial charge in [0.05, 0.1) is 26.4 Å². The Bertz CT molecular complexity index is 667. The van der Waals surface area contributed by atoms with Crippen molar-refractivity contribution in [1.29, 1.82) is 0 Å². The summed E-state index contributed by atoms with van der Waals surface area (Å²) in [5.41, 5.74) is 0. The summed E-state index contributed by atoms with van der Waals surface area (Å²) in [5, 5.41) is 0. The molecule has 2 heterocycles. The van der Waals surface area contributed by atoms with Crippen LogP contribution in [0.4, 0.5) is 0 Å². The van der Waals surface area contributed by atoms with E-state index in [4.69, 9.17) is 14.2 Å². The van der Waals surface area contributed by atoms with Crippen molar-refractivity contribution >= 4 is 23.5 Å².